The molecule has 3 aromatic carbocycles. The Kier molecular flexibility index (Phi) is 4.60. The van der Waals surface area contributed by atoms with E-state index in [0.717, 1.165) is 50.5 Å². The molecule has 0 unspecified atom stereocenters. The maximum atomic E-state index is 13.8. The molecule has 0 saturated heterocycles. The first-order chi connectivity index (χ1) is 18.3. The Labute approximate surface area is 217 Å². The minimum Gasteiger partial charge on any atom is -0.369 e. The summed E-state index contributed by atoms with van der Waals surface area (Å²) < 4.78 is 4.92. The van der Waals surface area contributed by atoms with E-state index in [1.807, 2.05) is 54.6 Å². The van der Waals surface area contributed by atoms with Crippen molar-refractivity contribution in [3.05, 3.63) is 110 Å². The normalized spacial score (nSPS) is 14.5. The molecule has 4 heterocycles. The fraction of sp³-hybridized carbons (Fsp3) is 0.167. The number of fused-ring (bicyclic) bond motifs is 6. The maximum Gasteiger partial charge on any atom is 0.331 e. The second kappa shape index (κ2) is 7.82. The van der Waals surface area contributed by atoms with Crippen molar-refractivity contribution >= 4 is 27.6 Å². The van der Waals surface area contributed by atoms with Crippen molar-refractivity contribution in [3.8, 4) is 16.9 Å². The zero-order valence-electron chi connectivity index (χ0n) is 21.5. The van der Waals surface area contributed by atoms with Gasteiger partial charge in [0.1, 0.15) is 11.9 Å². The first kappa shape index (κ1) is 22.4. The van der Waals surface area contributed by atoms with Gasteiger partial charge in [-0.2, -0.15) is 0 Å². The molecule has 8 heteroatoms. The number of aromatic amines is 1. The van der Waals surface area contributed by atoms with Gasteiger partial charge in [0.05, 0.1) is 44.7 Å². The Morgan fingerprint density at radius 1 is 0.868 bits per heavy atom. The SMILES string of the molecule is Cc1cc2c(cc1C)-n1c(-c3ccccc3)c3c(=O)n(C)c(=O)n(C)c3c1[C@H](c1nc3ccccc3[nH]1)N2. The summed E-state index contributed by atoms with van der Waals surface area (Å²) in [5, 5.41) is 4.20. The number of aryl methyl sites for hydroxylation is 3. The fourth-order valence-corrected chi connectivity index (χ4v) is 5.71. The number of imidazole rings is 1. The predicted molar refractivity (Wildman–Crippen MR) is 150 cm³/mol. The molecule has 8 nitrogen and oxygen atoms in total. The van der Waals surface area contributed by atoms with Crippen LogP contribution in [0.5, 0.6) is 0 Å². The number of benzene rings is 3. The highest BCUT2D eigenvalue weighted by molar-refractivity contribution is 5.99. The quantitative estimate of drug-likeness (QED) is 0.359. The van der Waals surface area contributed by atoms with Crippen LogP contribution in [0.4, 0.5) is 5.69 Å². The highest BCUT2D eigenvalue weighted by Crippen LogP contribution is 2.45. The Hall–Kier alpha value is -4.85. The predicted octanol–water partition coefficient (Wildman–Crippen LogP) is 4.70. The summed E-state index contributed by atoms with van der Waals surface area (Å²) in [4.78, 5) is 35.5. The van der Waals surface area contributed by atoms with Crippen LogP contribution < -0.4 is 16.6 Å². The van der Waals surface area contributed by atoms with Gasteiger partial charge in [0, 0.05) is 14.1 Å². The number of hydrogen-bond donors (Lipinski definition) is 2. The third kappa shape index (κ3) is 2.94. The van der Waals surface area contributed by atoms with Gasteiger partial charge in [0.15, 0.2) is 0 Å². The largest absolute Gasteiger partial charge is 0.369 e. The van der Waals surface area contributed by atoms with Crippen LogP contribution in [0.1, 0.15) is 28.7 Å². The third-order valence-electron chi connectivity index (χ3n) is 7.76. The number of H-pyrrole nitrogens is 1. The molecular weight excluding hydrogens is 476 g/mol. The fourth-order valence-electron chi connectivity index (χ4n) is 5.71. The number of para-hydroxylation sites is 2. The molecule has 7 rings (SSSR count). The van der Waals surface area contributed by atoms with E-state index in [1.165, 1.54) is 11.6 Å². The van der Waals surface area contributed by atoms with Crippen molar-refractivity contribution < 1.29 is 0 Å². The van der Waals surface area contributed by atoms with Crippen LogP contribution in [-0.2, 0) is 14.1 Å². The van der Waals surface area contributed by atoms with Gasteiger partial charge in [-0.3, -0.25) is 13.9 Å². The summed E-state index contributed by atoms with van der Waals surface area (Å²) in [5.74, 6) is 0.712. The lowest BCUT2D eigenvalue weighted by atomic mass is 10.0. The van der Waals surface area contributed by atoms with Crippen molar-refractivity contribution in [2.75, 3.05) is 5.32 Å². The molecule has 0 saturated carbocycles. The summed E-state index contributed by atoms with van der Waals surface area (Å²) in [6.07, 6.45) is 0. The van der Waals surface area contributed by atoms with Crippen LogP contribution in [0.2, 0.25) is 0 Å². The minimum atomic E-state index is -0.435. The third-order valence-corrected chi connectivity index (χ3v) is 7.76. The summed E-state index contributed by atoms with van der Waals surface area (Å²) in [6, 6.07) is 21.6. The van der Waals surface area contributed by atoms with E-state index in [-0.39, 0.29) is 11.2 Å². The van der Waals surface area contributed by atoms with Crippen LogP contribution in [0.3, 0.4) is 0 Å². The van der Waals surface area contributed by atoms with Gasteiger partial charge < -0.3 is 14.9 Å². The lowest BCUT2D eigenvalue weighted by molar-refractivity contribution is 0.705. The van der Waals surface area contributed by atoms with Gasteiger partial charge in [-0.05, 0) is 54.8 Å². The Morgan fingerprint density at radius 3 is 2.34 bits per heavy atom. The Morgan fingerprint density at radius 2 is 1.58 bits per heavy atom. The number of anilines is 1. The number of nitrogens with zero attached hydrogens (tertiary/aromatic N) is 4. The summed E-state index contributed by atoms with van der Waals surface area (Å²) in [5.41, 5.74) is 8.29. The molecule has 1 aliphatic rings. The molecule has 0 fully saturated rings. The molecule has 38 heavy (non-hydrogen) atoms. The number of rotatable bonds is 2. The number of nitrogens with one attached hydrogen (secondary N) is 2. The molecule has 0 spiro atoms. The molecular formula is C30H26N6O2. The van der Waals surface area contributed by atoms with E-state index in [4.69, 9.17) is 4.98 Å². The van der Waals surface area contributed by atoms with E-state index in [2.05, 4.69) is 40.8 Å². The Balaban J connectivity index is 1.71. The number of hydrogen-bond acceptors (Lipinski definition) is 4. The van der Waals surface area contributed by atoms with Crippen molar-refractivity contribution in [1.82, 2.24) is 23.7 Å². The van der Waals surface area contributed by atoms with Gasteiger partial charge in [-0.15, -0.1) is 0 Å². The molecule has 3 aromatic heterocycles. The average molecular weight is 503 g/mol. The molecule has 1 aliphatic heterocycles. The van der Waals surface area contributed by atoms with Crippen LogP contribution in [0.15, 0.2) is 76.3 Å². The van der Waals surface area contributed by atoms with Crippen LogP contribution in [0.25, 0.3) is 38.9 Å². The molecule has 1 atom stereocenters. The monoisotopic (exact) mass is 502 g/mol. The second-order valence-corrected chi connectivity index (χ2v) is 10.0. The summed E-state index contributed by atoms with van der Waals surface area (Å²) in [7, 11) is 3.26. The van der Waals surface area contributed by atoms with E-state index >= 15 is 0 Å². The van der Waals surface area contributed by atoms with Gasteiger partial charge in [0.2, 0.25) is 0 Å². The van der Waals surface area contributed by atoms with Crippen molar-refractivity contribution in [2.24, 2.45) is 14.1 Å². The van der Waals surface area contributed by atoms with Gasteiger partial charge in [-0.25, -0.2) is 9.78 Å². The second-order valence-electron chi connectivity index (χ2n) is 10.0. The smallest absolute Gasteiger partial charge is 0.331 e. The summed E-state index contributed by atoms with van der Waals surface area (Å²) in [6.45, 7) is 4.17. The van der Waals surface area contributed by atoms with Gasteiger partial charge in [-0.1, -0.05) is 42.5 Å². The standard InChI is InChI=1S/C30H26N6O2/c1-16-14-21-22(15-17(16)2)36-25(18-10-6-5-7-11-18)23-26(34(3)30(38)35(4)29(23)37)27(36)24(31-21)28-32-19-12-8-9-13-20(19)33-28/h5-15,24,31H,1-4H3,(H,32,33)/t24-/m1/s1. The number of aromatic nitrogens is 5. The van der Waals surface area contributed by atoms with E-state index in [1.54, 1.807) is 11.6 Å². The van der Waals surface area contributed by atoms with Crippen LogP contribution >= 0.6 is 0 Å². The molecule has 0 bridgehead atoms. The highest BCUT2D eigenvalue weighted by atomic mass is 16.2. The zero-order chi connectivity index (χ0) is 26.3. The average Bonchev–Trinajstić information content (AvgIpc) is 3.52. The van der Waals surface area contributed by atoms with Crippen molar-refractivity contribution in [2.45, 2.75) is 19.9 Å². The lowest BCUT2D eigenvalue weighted by Crippen LogP contribution is -2.37. The topological polar surface area (TPSA) is 89.6 Å². The molecule has 2 N–H and O–H groups in total. The molecule has 0 radical (unpaired) electrons. The van der Waals surface area contributed by atoms with E-state index in [9.17, 15) is 9.59 Å². The molecule has 188 valence electrons. The minimum absolute atomic E-state index is 0.322. The van der Waals surface area contributed by atoms with E-state index in [0.29, 0.717) is 16.7 Å². The van der Waals surface area contributed by atoms with Crippen LogP contribution in [-0.4, -0.2) is 23.7 Å². The van der Waals surface area contributed by atoms with Crippen molar-refractivity contribution in [1.29, 1.82) is 0 Å². The Bertz CT molecular complexity index is 2010. The van der Waals surface area contributed by atoms with Crippen molar-refractivity contribution in [3.63, 3.8) is 0 Å². The molecule has 6 aromatic rings. The molecule has 0 amide bonds. The highest BCUT2D eigenvalue weighted by Gasteiger charge is 2.36. The lowest BCUT2D eigenvalue weighted by Gasteiger charge is -2.30. The maximum absolute atomic E-state index is 13.8. The molecule has 0 aliphatic carbocycles. The summed E-state index contributed by atoms with van der Waals surface area (Å²) >= 11 is 0. The van der Waals surface area contributed by atoms with E-state index < -0.39 is 6.04 Å². The zero-order valence-corrected chi connectivity index (χ0v) is 21.5. The first-order valence-electron chi connectivity index (χ1n) is 12.6. The van der Waals surface area contributed by atoms with Gasteiger partial charge >= 0.3 is 5.69 Å². The van der Waals surface area contributed by atoms with Crippen LogP contribution in [0, 0.1) is 13.8 Å². The van der Waals surface area contributed by atoms with Gasteiger partial charge in [0.25, 0.3) is 5.56 Å². The first-order valence-corrected chi connectivity index (χ1v) is 12.6.